The van der Waals surface area contributed by atoms with E-state index in [2.05, 4.69) is 16.7 Å². The van der Waals surface area contributed by atoms with E-state index in [1.807, 2.05) is 57.2 Å². The monoisotopic (exact) mass is 298 g/mol. The van der Waals surface area contributed by atoms with Crippen LogP contribution in [0.4, 0.5) is 11.4 Å². The number of aryl methyl sites for hydroxylation is 2. The van der Waals surface area contributed by atoms with Crippen molar-refractivity contribution in [2.45, 2.75) is 20.8 Å². The fraction of sp³-hybridized carbons (Fsp3) is 0.278. The van der Waals surface area contributed by atoms with Gasteiger partial charge in [-0.1, -0.05) is 24.3 Å². The molecule has 2 aromatic carbocycles. The van der Waals surface area contributed by atoms with E-state index in [-0.39, 0.29) is 12.5 Å². The van der Waals surface area contributed by atoms with Gasteiger partial charge in [0.2, 0.25) is 5.91 Å². The van der Waals surface area contributed by atoms with Crippen LogP contribution in [0.1, 0.15) is 18.1 Å². The highest BCUT2D eigenvalue weighted by Crippen LogP contribution is 2.23. The van der Waals surface area contributed by atoms with Crippen LogP contribution >= 0.6 is 0 Å². The van der Waals surface area contributed by atoms with Gasteiger partial charge < -0.3 is 15.4 Å². The van der Waals surface area contributed by atoms with Crippen LogP contribution in [0.2, 0.25) is 0 Å². The van der Waals surface area contributed by atoms with Gasteiger partial charge in [0, 0.05) is 5.69 Å². The van der Waals surface area contributed by atoms with E-state index >= 15 is 0 Å². The molecule has 0 aromatic heterocycles. The maximum absolute atomic E-state index is 12.1. The Morgan fingerprint density at radius 2 is 1.86 bits per heavy atom. The average Bonchev–Trinajstić information content (AvgIpc) is 2.50. The summed E-state index contributed by atoms with van der Waals surface area (Å²) in [4.78, 5) is 12.1. The molecule has 0 heterocycles. The SMILES string of the molecule is CCOc1ccccc1NC(=O)CNc1cc(C)ccc1C. The minimum absolute atomic E-state index is 0.104. The number of ether oxygens (including phenoxy) is 1. The van der Waals surface area contributed by atoms with Crippen LogP contribution in [0.15, 0.2) is 42.5 Å². The number of amides is 1. The van der Waals surface area contributed by atoms with Crippen LogP contribution in [0.25, 0.3) is 0 Å². The summed E-state index contributed by atoms with van der Waals surface area (Å²) in [5.41, 5.74) is 3.95. The van der Waals surface area contributed by atoms with Gasteiger partial charge in [-0.15, -0.1) is 0 Å². The van der Waals surface area contributed by atoms with Crippen molar-refractivity contribution in [2.75, 3.05) is 23.8 Å². The molecule has 0 saturated heterocycles. The first-order chi connectivity index (χ1) is 10.6. The minimum Gasteiger partial charge on any atom is -0.492 e. The quantitative estimate of drug-likeness (QED) is 0.854. The molecule has 22 heavy (non-hydrogen) atoms. The lowest BCUT2D eigenvalue weighted by atomic mass is 10.1. The Labute approximate surface area is 131 Å². The van der Waals surface area contributed by atoms with Gasteiger partial charge in [0.15, 0.2) is 0 Å². The lowest BCUT2D eigenvalue weighted by Crippen LogP contribution is -2.22. The maximum Gasteiger partial charge on any atom is 0.243 e. The lowest BCUT2D eigenvalue weighted by molar-refractivity contribution is -0.114. The molecule has 4 heteroatoms. The molecule has 2 aromatic rings. The molecule has 116 valence electrons. The van der Waals surface area contributed by atoms with Gasteiger partial charge in [-0.05, 0) is 50.1 Å². The molecule has 2 rings (SSSR count). The van der Waals surface area contributed by atoms with Crippen molar-refractivity contribution in [1.29, 1.82) is 0 Å². The smallest absolute Gasteiger partial charge is 0.243 e. The highest BCUT2D eigenvalue weighted by atomic mass is 16.5. The van der Waals surface area contributed by atoms with Crippen molar-refractivity contribution in [3.63, 3.8) is 0 Å². The number of anilines is 2. The van der Waals surface area contributed by atoms with E-state index < -0.39 is 0 Å². The van der Waals surface area contributed by atoms with Gasteiger partial charge in [-0.3, -0.25) is 4.79 Å². The fourth-order valence-electron chi connectivity index (χ4n) is 2.15. The summed E-state index contributed by atoms with van der Waals surface area (Å²) in [6.45, 7) is 6.74. The number of hydrogen-bond donors (Lipinski definition) is 2. The van der Waals surface area contributed by atoms with Crippen LogP contribution in [0.3, 0.4) is 0 Å². The summed E-state index contributed by atoms with van der Waals surface area (Å²) in [7, 11) is 0. The largest absolute Gasteiger partial charge is 0.492 e. The molecule has 0 bridgehead atoms. The van der Waals surface area contributed by atoms with Crippen molar-refractivity contribution >= 4 is 17.3 Å². The number of nitrogens with one attached hydrogen (secondary N) is 2. The van der Waals surface area contributed by atoms with Gasteiger partial charge >= 0.3 is 0 Å². The second-order valence-corrected chi connectivity index (χ2v) is 5.15. The summed E-state index contributed by atoms with van der Waals surface area (Å²) < 4.78 is 5.50. The summed E-state index contributed by atoms with van der Waals surface area (Å²) in [5, 5.41) is 6.05. The molecule has 4 nitrogen and oxygen atoms in total. The molecule has 0 fully saturated rings. The van der Waals surface area contributed by atoms with Crippen molar-refractivity contribution < 1.29 is 9.53 Å². The number of carbonyl (C=O) groups excluding carboxylic acids is 1. The van der Waals surface area contributed by atoms with Gasteiger partial charge in [0.05, 0.1) is 18.8 Å². The first-order valence-corrected chi connectivity index (χ1v) is 7.43. The second-order valence-electron chi connectivity index (χ2n) is 5.15. The summed E-state index contributed by atoms with van der Waals surface area (Å²) in [5.74, 6) is 0.582. The molecule has 0 atom stereocenters. The number of hydrogen-bond acceptors (Lipinski definition) is 3. The molecule has 0 aliphatic heterocycles. The molecule has 0 spiro atoms. The van der Waals surface area contributed by atoms with Gasteiger partial charge in [0.1, 0.15) is 5.75 Å². The lowest BCUT2D eigenvalue weighted by Gasteiger charge is -2.13. The average molecular weight is 298 g/mol. The van der Waals surface area contributed by atoms with Gasteiger partial charge in [-0.25, -0.2) is 0 Å². The first-order valence-electron chi connectivity index (χ1n) is 7.43. The van der Waals surface area contributed by atoms with Crippen molar-refractivity contribution in [1.82, 2.24) is 0 Å². The van der Waals surface area contributed by atoms with Crippen LogP contribution in [-0.2, 0) is 4.79 Å². The third kappa shape index (κ3) is 4.25. The molecule has 1 amide bonds. The zero-order valence-electron chi connectivity index (χ0n) is 13.3. The Morgan fingerprint density at radius 1 is 1.09 bits per heavy atom. The summed E-state index contributed by atoms with van der Waals surface area (Å²) >= 11 is 0. The van der Waals surface area contributed by atoms with E-state index in [1.165, 1.54) is 0 Å². The molecule has 0 radical (unpaired) electrons. The molecule has 0 saturated carbocycles. The van der Waals surface area contributed by atoms with E-state index in [1.54, 1.807) is 0 Å². The zero-order valence-corrected chi connectivity index (χ0v) is 13.3. The number of carbonyl (C=O) groups is 1. The first kappa shape index (κ1) is 15.9. The Kier molecular flexibility index (Phi) is 5.42. The molecule has 0 aliphatic rings. The van der Waals surface area contributed by atoms with Crippen LogP contribution in [0.5, 0.6) is 5.75 Å². The van der Waals surface area contributed by atoms with Crippen molar-refractivity contribution in [3.8, 4) is 5.75 Å². The Bertz CT molecular complexity index is 653. The van der Waals surface area contributed by atoms with Gasteiger partial charge in [-0.2, -0.15) is 0 Å². The third-order valence-corrected chi connectivity index (χ3v) is 3.29. The maximum atomic E-state index is 12.1. The highest BCUT2D eigenvalue weighted by molar-refractivity contribution is 5.95. The minimum atomic E-state index is -0.104. The van der Waals surface area contributed by atoms with E-state index in [0.717, 1.165) is 16.8 Å². The highest BCUT2D eigenvalue weighted by Gasteiger charge is 2.07. The zero-order chi connectivity index (χ0) is 15.9. The topological polar surface area (TPSA) is 50.4 Å². The van der Waals surface area contributed by atoms with Crippen molar-refractivity contribution in [2.24, 2.45) is 0 Å². The van der Waals surface area contributed by atoms with Gasteiger partial charge in [0.25, 0.3) is 0 Å². The summed E-state index contributed by atoms with van der Waals surface area (Å²) in [6.07, 6.45) is 0. The predicted octanol–water partition coefficient (Wildman–Crippen LogP) is 3.75. The second kappa shape index (κ2) is 7.50. The summed E-state index contributed by atoms with van der Waals surface area (Å²) in [6, 6.07) is 13.6. The van der Waals surface area contributed by atoms with E-state index in [4.69, 9.17) is 4.74 Å². The number of para-hydroxylation sites is 2. The van der Waals surface area contributed by atoms with E-state index in [9.17, 15) is 4.79 Å². The van der Waals surface area contributed by atoms with Crippen LogP contribution in [0, 0.1) is 13.8 Å². The normalized spacial score (nSPS) is 10.1. The number of benzene rings is 2. The Balaban J connectivity index is 1.97. The predicted molar refractivity (Wildman–Crippen MR) is 90.6 cm³/mol. The number of rotatable bonds is 6. The Morgan fingerprint density at radius 3 is 2.64 bits per heavy atom. The van der Waals surface area contributed by atoms with Crippen LogP contribution in [-0.4, -0.2) is 19.1 Å². The molecule has 0 aliphatic carbocycles. The Hall–Kier alpha value is -2.49. The van der Waals surface area contributed by atoms with Crippen molar-refractivity contribution in [3.05, 3.63) is 53.6 Å². The fourth-order valence-corrected chi connectivity index (χ4v) is 2.15. The third-order valence-electron chi connectivity index (χ3n) is 3.29. The molecular weight excluding hydrogens is 276 g/mol. The van der Waals surface area contributed by atoms with Crippen LogP contribution < -0.4 is 15.4 Å². The standard InChI is InChI=1S/C18H22N2O2/c1-4-22-17-8-6-5-7-15(17)20-18(21)12-19-16-11-13(2)9-10-14(16)3/h5-11,19H,4,12H2,1-3H3,(H,20,21). The molecule has 2 N–H and O–H groups in total. The molecule has 0 unspecified atom stereocenters. The molecular formula is C18H22N2O2. The van der Waals surface area contributed by atoms with E-state index in [0.29, 0.717) is 18.0 Å².